The topological polar surface area (TPSA) is 9.23 Å². The average molecular weight is 1040 g/mol. The average Bonchev–Trinajstić information content (AvgIpc) is 4.40. The molecule has 79 heavy (non-hydrogen) atoms. The van der Waals surface area contributed by atoms with Crippen molar-refractivity contribution in [2.24, 2.45) is 0 Å². The predicted octanol–water partition coefficient (Wildman–Crippen LogP) is 21.9. The number of hydrogen-bond donors (Lipinski definition) is 0. The summed E-state index contributed by atoms with van der Waals surface area (Å²) in [5.74, 6) is 0.985. The minimum atomic E-state index is -0.192. The third kappa shape index (κ3) is 6.93. The first-order valence-electron chi connectivity index (χ1n) is 27.3. The molecule has 15 aromatic rings. The van der Waals surface area contributed by atoms with Gasteiger partial charge in [-0.25, -0.2) is 0 Å². The summed E-state index contributed by atoms with van der Waals surface area (Å²) in [6.07, 6.45) is 6.75. The number of ether oxygens (including phenoxy) is 1. The third-order valence-corrected chi connectivity index (χ3v) is 19.3. The fourth-order valence-electron chi connectivity index (χ4n) is 13.5. The van der Waals surface area contributed by atoms with Crippen LogP contribution < -0.4 is 4.74 Å². The van der Waals surface area contributed by atoms with Crippen molar-refractivity contribution in [2.45, 2.75) is 12.0 Å². The Kier molecular flexibility index (Phi) is 9.95. The van der Waals surface area contributed by atoms with Crippen LogP contribution in [0.25, 0.3) is 145 Å². The van der Waals surface area contributed by atoms with E-state index in [0.29, 0.717) is 0 Å². The fraction of sp³-hybridized carbons (Fsp3) is 0.0263. The van der Waals surface area contributed by atoms with Crippen LogP contribution in [-0.2, 0) is 0 Å². The molecular weight excluding hydrogens is 993 g/mol. The van der Waals surface area contributed by atoms with Crippen LogP contribution in [0.2, 0.25) is 0 Å². The van der Waals surface area contributed by atoms with Gasteiger partial charge in [0.2, 0.25) is 0 Å². The molecule has 0 amide bonds. The third-order valence-electron chi connectivity index (χ3n) is 17.0. The van der Waals surface area contributed by atoms with Gasteiger partial charge in [0.1, 0.15) is 11.9 Å². The molecule has 3 heterocycles. The van der Waals surface area contributed by atoms with Crippen molar-refractivity contribution < 1.29 is 4.74 Å². The van der Waals surface area contributed by atoms with Gasteiger partial charge < -0.3 is 4.74 Å². The van der Waals surface area contributed by atoms with Gasteiger partial charge in [-0.1, -0.05) is 206 Å². The van der Waals surface area contributed by atoms with Gasteiger partial charge >= 0.3 is 0 Å². The molecule has 2 aromatic heterocycles. The van der Waals surface area contributed by atoms with Gasteiger partial charge in [-0.2, -0.15) is 0 Å². The van der Waals surface area contributed by atoms with Gasteiger partial charge in [0.25, 0.3) is 0 Å². The summed E-state index contributed by atoms with van der Waals surface area (Å²) in [4.78, 5) is 0. The number of rotatable bonds is 6. The van der Waals surface area contributed by atoms with E-state index in [1.807, 2.05) is 22.7 Å². The highest BCUT2D eigenvalue weighted by molar-refractivity contribution is 7.26. The van der Waals surface area contributed by atoms with Crippen LogP contribution in [-0.4, -0.2) is 6.10 Å². The van der Waals surface area contributed by atoms with Crippen LogP contribution in [0.5, 0.6) is 5.75 Å². The first-order chi connectivity index (χ1) is 39.2. The minimum Gasteiger partial charge on any atom is -0.484 e. The summed E-state index contributed by atoms with van der Waals surface area (Å²) in [5.41, 5.74) is 16.1. The summed E-state index contributed by atoms with van der Waals surface area (Å²) >= 11 is 3.75. The van der Waals surface area contributed by atoms with E-state index in [1.165, 1.54) is 156 Å². The van der Waals surface area contributed by atoms with E-state index in [9.17, 15) is 0 Å². The van der Waals surface area contributed by atoms with Gasteiger partial charge in [-0.05, 0) is 165 Å². The van der Waals surface area contributed by atoms with Gasteiger partial charge in [0.05, 0.1) is 0 Å². The van der Waals surface area contributed by atoms with Crippen LogP contribution in [0.4, 0.5) is 0 Å². The maximum Gasteiger partial charge on any atom is 0.135 e. The zero-order chi connectivity index (χ0) is 51.7. The summed E-state index contributed by atoms with van der Waals surface area (Å²) < 4.78 is 12.5. The zero-order valence-corrected chi connectivity index (χ0v) is 44.4. The summed E-state index contributed by atoms with van der Waals surface area (Å²) in [5, 5.41) is 15.2. The molecule has 0 spiro atoms. The van der Waals surface area contributed by atoms with Crippen molar-refractivity contribution in [2.75, 3.05) is 0 Å². The number of allylic oxidation sites excluding steroid dienone is 2. The second-order valence-electron chi connectivity index (χ2n) is 21.3. The number of benzene rings is 13. The van der Waals surface area contributed by atoms with E-state index in [4.69, 9.17) is 4.74 Å². The maximum absolute atomic E-state index is 7.23. The van der Waals surface area contributed by atoms with E-state index in [-0.39, 0.29) is 12.0 Å². The molecule has 0 bridgehead atoms. The first-order valence-corrected chi connectivity index (χ1v) is 28.9. The molecule has 0 radical (unpaired) electrons. The van der Waals surface area contributed by atoms with Crippen LogP contribution >= 0.6 is 22.7 Å². The van der Waals surface area contributed by atoms with Crippen molar-refractivity contribution in [3.8, 4) is 61.4 Å². The lowest BCUT2D eigenvalue weighted by atomic mass is 9.79. The van der Waals surface area contributed by atoms with E-state index in [0.717, 1.165) is 5.75 Å². The van der Waals surface area contributed by atoms with Crippen LogP contribution in [0, 0.1) is 0 Å². The van der Waals surface area contributed by atoms with Crippen molar-refractivity contribution in [3.63, 3.8) is 0 Å². The second kappa shape index (κ2) is 17.6. The molecule has 13 aromatic carbocycles. The molecule has 0 fully saturated rings. The van der Waals surface area contributed by atoms with Gasteiger partial charge in [-0.15, -0.1) is 22.7 Å². The molecule has 2 aliphatic rings. The molecule has 0 saturated carbocycles. The molecule has 2 unspecified atom stereocenters. The van der Waals surface area contributed by atoms with Crippen molar-refractivity contribution >= 4 is 112 Å². The Bertz CT molecular complexity index is 5000. The lowest BCUT2D eigenvalue weighted by molar-refractivity contribution is 0.278. The smallest absolute Gasteiger partial charge is 0.135 e. The Hall–Kier alpha value is -9.38. The second-order valence-corrected chi connectivity index (χ2v) is 23.5. The van der Waals surface area contributed by atoms with Gasteiger partial charge in [0, 0.05) is 57.4 Å². The molecule has 368 valence electrons. The zero-order valence-electron chi connectivity index (χ0n) is 42.8. The van der Waals surface area contributed by atoms with Crippen LogP contribution in [0.3, 0.4) is 0 Å². The van der Waals surface area contributed by atoms with E-state index >= 15 is 0 Å². The van der Waals surface area contributed by atoms with E-state index in [2.05, 4.69) is 267 Å². The van der Waals surface area contributed by atoms with Crippen LogP contribution in [0.1, 0.15) is 17.0 Å². The van der Waals surface area contributed by atoms with Crippen molar-refractivity contribution in [3.05, 3.63) is 278 Å². The lowest BCUT2D eigenvalue weighted by Gasteiger charge is -2.26. The number of fused-ring (bicyclic) bond motifs is 13. The molecule has 0 N–H and O–H groups in total. The van der Waals surface area contributed by atoms with Crippen molar-refractivity contribution in [1.82, 2.24) is 0 Å². The first kappa shape index (κ1) is 44.7. The molecule has 17 rings (SSSR count). The number of hydrogen-bond acceptors (Lipinski definition) is 3. The quantitative estimate of drug-likeness (QED) is 0.151. The Balaban J connectivity index is 0.773. The van der Waals surface area contributed by atoms with Crippen LogP contribution in [0.15, 0.2) is 267 Å². The van der Waals surface area contributed by atoms with Crippen molar-refractivity contribution in [1.29, 1.82) is 0 Å². The molecule has 1 nitrogen and oxygen atoms in total. The van der Waals surface area contributed by atoms with E-state index < -0.39 is 0 Å². The molecule has 2 atom stereocenters. The normalized spacial score (nSPS) is 15.0. The molecule has 1 aliphatic carbocycles. The highest BCUT2D eigenvalue weighted by atomic mass is 32.1. The monoisotopic (exact) mass is 1040 g/mol. The summed E-state index contributed by atoms with van der Waals surface area (Å²) in [6.45, 7) is 0. The largest absolute Gasteiger partial charge is 0.484 e. The lowest BCUT2D eigenvalue weighted by Crippen LogP contribution is -2.21. The maximum atomic E-state index is 7.23. The molecule has 0 saturated heterocycles. The summed E-state index contributed by atoms with van der Waals surface area (Å²) in [6, 6.07) is 92.6. The Morgan fingerprint density at radius 3 is 1.04 bits per heavy atom. The Morgan fingerprint density at radius 2 is 0.620 bits per heavy atom. The summed E-state index contributed by atoms with van der Waals surface area (Å²) in [7, 11) is 0. The number of thiophene rings is 2. The Labute approximate surface area is 464 Å². The molecular formula is C76H46OS2. The standard InChI is InChI=1S/C76H46OS2/c1-3-16-45(17-4-1)47-31-36-68-63(40-47)65-43-50(33-38-70(65)78-68)73-54-22-9-7-20-52(54)72(53-21-8-10-23-55(53)73)49-30-35-67-62(42-49)60-28-15-29-61(76(60)77-67)75-58-26-13-11-24-56(58)74(57-25-12-14-27-59(57)75)51-34-39-71-66(44-51)64-41-48(32-37-69(64)79-71)46-18-5-2-6-19-46/h1-44,60,76H. The molecule has 3 heteroatoms. The minimum absolute atomic E-state index is 0.0357. The van der Waals surface area contributed by atoms with E-state index in [1.54, 1.807) is 0 Å². The highest BCUT2D eigenvalue weighted by Crippen LogP contribution is 2.53. The predicted molar refractivity (Wildman–Crippen MR) is 340 cm³/mol. The van der Waals surface area contributed by atoms with Gasteiger partial charge in [-0.3, -0.25) is 0 Å². The Morgan fingerprint density at radius 1 is 0.278 bits per heavy atom. The SMILES string of the molecule is C1=CC2c3cc(-c4c5ccccc5c(-c5ccc6sc7ccc(-c8ccccc8)cc7c6c5)c5ccccc45)ccc3OC2C(c2c3ccccc3c(-c3ccc4sc5ccc(-c6ccccc6)cc5c4c3)c3ccccc23)=C1. The van der Waals surface area contributed by atoms with Gasteiger partial charge in [0.15, 0.2) is 0 Å². The molecule has 1 aliphatic heterocycles. The fourth-order valence-corrected chi connectivity index (χ4v) is 15.6. The highest BCUT2D eigenvalue weighted by Gasteiger charge is 2.39.